The van der Waals surface area contributed by atoms with E-state index in [9.17, 15) is 0 Å². The van der Waals surface area contributed by atoms with Gasteiger partial charge in [-0.05, 0) is 23.6 Å². The molecule has 0 aliphatic heterocycles. The molecule has 0 saturated carbocycles. The van der Waals surface area contributed by atoms with Crippen molar-refractivity contribution in [1.29, 1.82) is 0 Å². The number of nitrogens with one attached hydrogen (secondary N) is 1. The normalized spacial score (nSPS) is 10.2. The third-order valence-electron chi connectivity index (χ3n) is 2.81. The first kappa shape index (κ1) is 11.7. The summed E-state index contributed by atoms with van der Waals surface area (Å²) >= 11 is 0. The lowest BCUT2D eigenvalue weighted by Gasteiger charge is -2.10. The van der Waals surface area contributed by atoms with Crippen LogP contribution >= 0.6 is 0 Å². The first-order valence-corrected chi connectivity index (χ1v) is 5.96. The van der Waals surface area contributed by atoms with Crippen LogP contribution < -0.4 is 11.1 Å². The molecular weight excluding hydrogens is 208 g/mol. The maximum Gasteiger partial charge on any atom is 0.0385 e. The second-order valence-electron chi connectivity index (χ2n) is 4.02. The second-order valence-corrected chi connectivity index (χ2v) is 4.02. The van der Waals surface area contributed by atoms with Crippen LogP contribution in [0.3, 0.4) is 0 Å². The largest absolute Gasteiger partial charge is 0.384 e. The zero-order valence-corrected chi connectivity index (χ0v) is 9.89. The van der Waals surface area contributed by atoms with Gasteiger partial charge >= 0.3 is 0 Å². The molecule has 88 valence electrons. The van der Waals surface area contributed by atoms with Gasteiger partial charge in [-0.3, -0.25) is 0 Å². The van der Waals surface area contributed by atoms with Crippen LogP contribution in [0.25, 0.3) is 0 Å². The average molecular weight is 226 g/mol. The van der Waals surface area contributed by atoms with E-state index in [1.807, 2.05) is 18.2 Å². The third kappa shape index (κ3) is 3.33. The van der Waals surface area contributed by atoms with Crippen LogP contribution in [0.4, 0.5) is 5.69 Å². The fourth-order valence-corrected chi connectivity index (χ4v) is 1.86. The Hall–Kier alpha value is -1.80. The van der Waals surface area contributed by atoms with Crippen LogP contribution in [0.15, 0.2) is 54.6 Å². The predicted molar refractivity (Wildman–Crippen MR) is 73.0 cm³/mol. The van der Waals surface area contributed by atoms with Crippen LogP contribution in [-0.4, -0.2) is 6.54 Å². The molecule has 2 rings (SSSR count). The molecule has 0 heterocycles. The van der Waals surface area contributed by atoms with Crippen LogP contribution in [0.1, 0.15) is 11.1 Å². The molecule has 0 aromatic heterocycles. The Morgan fingerprint density at radius 2 is 1.59 bits per heavy atom. The zero-order valence-electron chi connectivity index (χ0n) is 9.89. The summed E-state index contributed by atoms with van der Waals surface area (Å²) < 4.78 is 0. The van der Waals surface area contributed by atoms with Crippen LogP contribution in [-0.2, 0) is 13.0 Å². The Labute approximate surface area is 102 Å². The molecule has 2 aromatic rings. The highest BCUT2D eigenvalue weighted by Gasteiger charge is 1.98. The van der Waals surface area contributed by atoms with Gasteiger partial charge in [0.2, 0.25) is 0 Å². The number of anilines is 1. The minimum Gasteiger partial charge on any atom is -0.384 e. The Balaban J connectivity index is 1.90. The predicted octanol–water partition coefficient (Wildman–Crippen LogP) is 2.80. The highest BCUT2D eigenvalue weighted by atomic mass is 14.9. The van der Waals surface area contributed by atoms with E-state index >= 15 is 0 Å². The van der Waals surface area contributed by atoms with Crippen LogP contribution in [0.5, 0.6) is 0 Å². The first-order chi connectivity index (χ1) is 8.40. The summed E-state index contributed by atoms with van der Waals surface area (Å²) in [7, 11) is 0. The van der Waals surface area contributed by atoms with Gasteiger partial charge in [0.05, 0.1) is 0 Å². The molecule has 17 heavy (non-hydrogen) atoms. The maximum atomic E-state index is 5.69. The number of nitrogens with two attached hydrogens (primary N) is 1. The molecule has 0 aliphatic carbocycles. The van der Waals surface area contributed by atoms with Crippen molar-refractivity contribution in [3.8, 4) is 0 Å². The minimum atomic E-state index is 0.578. The van der Waals surface area contributed by atoms with Gasteiger partial charge < -0.3 is 11.1 Å². The van der Waals surface area contributed by atoms with E-state index < -0.39 is 0 Å². The van der Waals surface area contributed by atoms with E-state index in [4.69, 9.17) is 5.73 Å². The smallest absolute Gasteiger partial charge is 0.0385 e. The summed E-state index contributed by atoms with van der Waals surface area (Å²) in [6.45, 7) is 1.51. The molecule has 0 unspecified atom stereocenters. The van der Waals surface area contributed by atoms with Crippen molar-refractivity contribution in [3.05, 3.63) is 65.7 Å². The molecule has 3 N–H and O–H groups in total. The molecule has 0 bridgehead atoms. The van der Waals surface area contributed by atoms with Gasteiger partial charge in [-0.15, -0.1) is 0 Å². The molecule has 2 aromatic carbocycles. The highest BCUT2D eigenvalue weighted by Crippen LogP contribution is 2.14. The number of rotatable bonds is 5. The fraction of sp³-hybridized carbons (Fsp3) is 0.200. The average Bonchev–Trinajstić information content (AvgIpc) is 2.40. The highest BCUT2D eigenvalue weighted by molar-refractivity contribution is 5.51. The summed E-state index contributed by atoms with van der Waals surface area (Å²) in [5.41, 5.74) is 9.36. The summed E-state index contributed by atoms with van der Waals surface area (Å²) in [6.07, 6.45) is 1.03. The molecule has 0 saturated heterocycles. The second kappa shape index (κ2) is 6.06. The Morgan fingerprint density at radius 3 is 2.35 bits per heavy atom. The van der Waals surface area contributed by atoms with E-state index in [0.717, 1.165) is 18.7 Å². The molecule has 0 radical (unpaired) electrons. The molecule has 0 atom stereocenters. The molecular formula is C15H18N2. The first-order valence-electron chi connectivity index (χ1n) is 5.96. The third-order valence-corrected chi connectivity index (χ3v) is 2.81. The van der Waals surface area contributed by atoms with E-state index in [1.54, 1.807) is 0 Å². The SMILES string of the molecule is NCc1ccccc1NCCc1ccccc1. The number of para-hydroxylation sites is 1. The van der Waals surface area contributed by atoms with E-state index in [2.05, 4.69) is 41.7 Å². The van der Waals surface area contributed by atoms with Gasteiger partial charge in [0.15, 0.2) is 0 Å². The molecule has 2 heteroatoms. The quantitative estimate of drug-likeness (QED) is 0.822. The standard InChI is InChI=1S/C15H18N2/c16-12-14-8-4-5-9-15(14)17-11-10-13-6-2-1-3-7-13/h1-9,17H,10-12,16H2. The van der Waals surface area contributed by atoms with Crippen molar-refractivity contribution < 1.29 is 0 Å². The Kier molecular flexibility index (Phi) is 4.17. The molecule has 0 amide bonds. The lowest BCUT2D eigenvalue weighted by molar-refractivity contribution is 1.00. The Bertz CT molecular complexity index is 451. The van der Waals surface area contributed by atoms with Crippen LogP contribution in [0, 0.1) is 0 Å². The summed E-state index contributed by atoms with van der Waals surface area (Å²) in [5.74, 6) is 0. The molecule has 2 nitrogen and oxygen atoms in total. The fourth-order valence-electron chi connectivity index (χ4n) is 1.86. The van der Waals surface area contributed by atoms with Gasteiger partial charge in [0.1, 0.15) is 0 Å². The maximum absolute atomic E-state index is 5.69. The Morgan fingerprint density at radius 1 is 0.882 bits per heavy atom. The summed E-state index contributed by atoms with van der Waals surface area (Å²) in [4.78, 5) is 0. The van der Waals surface area contributed by atoms with Crippen molar-refractivity contribution in [2.45, 2.75) is 13.0 Å². The molecule has 0 fully saturated rings. The zero-order chi connectivity index (χ0) is 11.9. The van der Waals surface area contributed by atoms with Crippen LogP contribution in [0.2, 0.25) is 0 Å². The van der Waals surface area contributed by atoms with Crippen molar-refractivity contribution in [2.75, 3.05) is 11.9 Å². The lowest BCUT2D eigenvalue weighted by Crippen LogP contribution is -2.08. The summed E-state index contributed by atoms with van der Waals surface area (Å²) in [6, 6.07) is 18.7. The lowest BCUT2D eigenvalue weighted by atomic mass is 10.1. The van der Waals surface area contributed by atoms with E-state index in [1.165, 1.54) is 11.1 Å². The van der Waals surface area contributed by atoms with Gasteiger partial charge in [0, 0.05) is 18.8 Å². The topological polar surface area (TPSA) is 38.0 Å². The molecule has 0 aliphatic rings. The number of hydrogen-bond donors (Lipinski definition) is 2. The monoisotopic (exact) mass is 226 g/mol. The van der Waals surface area contributed by atoms with Gasteiger partial charge in [0.25, 0.3) is 0 Å². The van der Waals surface area contributed by atoms with Crippen molar-refractivity contribution in [1.82, 2.24) is 0 Å². The van der Waals surface area contributed by atoms with Crippen molar-refractivity contribution in [3.63, 3.8) is 0 Å². The van der Waals surface area contributed by atoms with Gasteiger partial charge in [-0.2, -0.15) is 0 Å². The molecule has 0 spiro atoms. The van der Waals surface area contributed by atoms with E-state index in [0.29, 0.717) is 6.54 Å². The van der Waals surface area contributed by atoms with Crippen molar-refractivity contribution in [2.24, 2.45) is 5.73 Å². The van der Waals surface area contributed by atoms with E-state index in [-0.39, 0.29) is 0 Å². The summed E-state index contributed by atoms with van der Waals surface area (Å²) in [5, 5.41) is 3.43. The number of hydrogen-bond acceptors (Lipinski definition) is 2. The van der Waals surface area contributed by atoms with Crippen molar-refractivity contribution >= 4 is 5.69 Å². The van der Waals surface area contributed by atoms with Gasteiger partial charge in [-0.1, -0.05) is 48.5 Å². The van der Waals surface area contributed by atoms with Gasteiger partial charge in [-0.25, -0.2) is 0 Å². The minimum absolute atomic E-state index is 0.578. The number of benzene rings is 2.